The van der Waals surface area contributed by atoms with Crippen molar-refractivity contribution in [2.75, 3.05) is 0 Å². The van der Waals surface area contributed by atoms with Crippen LogP contribution in [0.5, 0.6) is 0 Å². The molecule has 0 spiro atoms. The molecule has 1 aromatic carbocycles. The Balaban J connectivity index is 1.70. The van der Waals surface area contributed by atoms with Crippen molar-refractivity contribution in [3.8, 4) is 0 Å². The van der Waals surface area contributed by atoms with Crippen molar-refractivity contribution in [3.05, 3.63) is 50.6 Å². The van der Waals surface area contributed by atoms with Crippen molar-refractivity contribution in [2.45, 2.75) is 26.3 Å². The van der Waals surface area contributed by atoms with Crippen LogP contribution in [-0.4, -0.2) is 10.9 Å². The number of nitrogens with one attached hydrogen (secondary N) is 1. The minimum absolute atomic E-state index is 0.230. The first-order valence-corrected chi connectivity index (χ1v) is 8.62. The summed E-state index contributed by atoms with van der Waals surface area (Å²) in [4.78, 5) is 16.7. The van der Waals surface area contributed by atoms with Crippen molar-refractivity contribution in [2.24, 2.45) is 0 Å². The molecule has 0 fully saturated rings. The summed E-state index contributed by atoms with van der Waals surface area (Å²) >= 11 is 5.02. The van der Waals surface area contributed by atoms with Gasteiger partial charge in [-0.15, -0.1) is 11.3 Å². The summed E-state index contributed by atoms with van der Waals surface area (Å²) in [5, 5.41) is 6.80. The van der Waals surface area contributed by atoms with E-state index in [1.807, 2.05) is 23.6 Å². The first-order valence-electron chi connectivity index (χ1n) is 6.94. The van der Waals surface area contributed by atoms with Gasteiger partial charge in [-0.2, -0.15) is 0 Å². The van der Waals surface area contributed by atoms with Crippen LogP contribution in [0.1, 0.15) is 41.0 Å². The van der Waals surface area contributed by atoms with Gasteiger partial charge in [-0.3, -0.25) is 4.79 Å². The highest BCUT2D eigenvalue weighted by atomic mass is 79.9. The summed E-state index contributed by atoms with van der Waals surface area (Å²) in [6.07, 6.45) is 0. The molecule has 2 heterocycles. The fourth-order valence-corrected chi connectivity index (χ4v) is 3.27. The Kier molecular flexibility index (Phi) is 4.31. The second-order valence-corrected chi connectivity index (χ2v) is 7.11. The van der Waals surface area contributed by atoms with E-state index in [0.29, 0.717) is 23.8 Å². The Morgan fingerprint density at radius 3 is 2.95 bits per heavy atom. The molecule has 0 bridgehead atoms. The maximum atomic E-state index is 12.2. The lowest BCUT2D eigenvalue weighted by Crippen LogP contribution is -2.22. The molecule has 114 valence electrons. The van der Waals surface area contributed by atoms with Gasteiger partial charge in [0.15, 0.2) is 5.76 Å². The van der Waals surface area contributed by atoms with E-state index in [1.165, 1.54) is 0 Å². The Morgan fingerprint density at radius 2 is 2.23 bits per heavy atom. The van der Waals surface area contributed by atoms with E-state index < -0.39 is 0 Å². The lowest BCUT2D eigenvalue weighted by Gasteiger charge is -2.00. The van der Waals surface area contributed by atoms with E-state index in [2.05, 4.69) is 40.1 Å². The van der Waals surface area contributed by atoms with E-state index >= 15 is 0 Å². The van der Waals surface area contributed by atoms with Gasteiger partial charge in [0.05, 0.1) is 17.2 Å². The molecule has 0 aliphatic rings. The lowest BCUT2D eigenvalue weighted by atomic mass is 10.2. The predicted octanol–water partition coefficient (Wildman–Crippen LogP) is 4.71. The van der Waals surface area contributed by atoms with E-state index in [9.17, 15) is 4.79 Å². The summed E-state index contributed by atoms with van der Waals surface area (Å²) in [6.45, 7) is 4.62. The molecule has 1 amide bonds. The van der Waals surface area contributed by atoms with Crippen LogP contribution in [0.25, 0.3) is 11.0 Å². The van der Waals surface area contributed by atoms with Crippen LogP contribution in [0.3, 0.4) is 0 Å². The van der Waals surface area contributed by atoms with Crippen LogP contribution in [0.2, 0.25) is 0 Å². The molecule has 0 unspecified atom stereocenters. The highest BCUT2D eigenvalue weighted by Gasteiger charge is 2.13. The lowest BCUT2D eigenvalue weighted by molar-refractivity contribution is 0.0925. The number of carbonyl (C=O) groups is 1. The fourth-order valence-electron chi connectivity index (χ4n) is 2.05. The first-order chi connectivity index (χ1) is 10.5. The molecular weight excluding hydrogens is 364 g/mol. The number of aromatic nitrogens is 1. The molecule has 0 atom stereocenters. The van der Waals surface area contributed by atoms with Crippen LogP contribution < -0.4 is 5.32 Å². The Hall–Kier alpha value is -1.66. The van der Waals surface area contributed by atoms with E-state index in [0.717, 1.165) is 20.6 Å². The fraction of sp³-hybridized carbons (Fsp3) is 0.250. The number of thiazole rings is 1. The van der Waals surface area contributed by atoms with Crippen LogP contribution in [0, 0.1) is 0 Å². The number of furan rings is 1. The number of halogens is 1. The van der Waals surface area contributed by atoms with Crippen LogP contribution in [-0.2, 0) is 6.54 Å². The van der Waals surface area contributed by atoms with E-state index in [4.69, 9.17) is 4.42 Å². The Bertz CT molecular complexity index is 823. The number of hydrogen-bond donors (Lipinski definition) is 1. The highest BCUT2D eigenvalue weighted by molar-refractivity contribution is 9.10. The minimum atomic E-state index is -0.230. The number of carbonyl (C=O) groups excluding carboxylic acids is 1. The Morgan fingerprint density at radius 1 is 1.41 bits per heavy atom. The van der Waals surface area contributed by atoms with Gasteiger partial charge in [0, 0.05) is 21.2 Å². The van der Waals surface area contributed by atoms with Crippen molar-refractivity contribution >= 4 is 44.1 Å². The van der Waals surface area contributed by atoms with Crippen LogP contribution in [0.15, 0.2) is 38.5 Å². The maximum absolute atomic E-state index is 12.2. The smallest absolute Gasteiger partial charge is 0.287 e. The predicted molar refractivity (Wildman–Crippen MR) is 91.3 cm³/mol. The van der Waals surface area contributed by atoms with Crippen molar-refractivity contribution < 1.29 is 9.21 Å². The molecule has 1 N–H and O–H groups in total. The van der Waals surface area contributed by atoms with Gasteiger partial charge in [-0.25, -0.2) is 4.98 Å². The second-order valence-electron chi connectivity index (χ2n) is 5.31. The molecular formula is C16H15BrN2O2S. The molecule has 6 heteroatoms. The van der Waals surface area contributed by atoms with Gasteiger partial charge in [-0.05, 0) is 24.3 Å². The standard InChI is InChI=1S/C16H15BrN2O2S/c1-9(2)16-19-12(8-22-16)7-18-15(20)14-6-10-5-11(17)3-4-13(10)21-14/h3-6,8-9H,7H2,1-2H3,(H,18,20). The number of nitrogens with zero attached hydrogens (tertiary/aromatic N) is 1. The van der Waals surface area contributed by atoms with Crippen molar-refractivity contribution in [1.82, 2.24) is 10.3 Å². The molecule has 3 rings (SSSR count). The van der Waals surface area contributed by atoms with Gasteiger partial charge >= 0.3 is 0 Å². The monoisotopic (exact) mass is 378 g/mol. The molecule has 4 nitrogen and oxygen atoms in total. The number of rotatable bonds is 4. The summed E-state index contributed by atoms with van der Waals surface area (Å²) < 4.78 is 6.52. The van der Waals surface area contributed by atoms with Crippen molar-refractivity contribution in [3.63, 3.8) is 0 Å². The number of hydrogen-bond acceptors (Lipinski definition) is 4. The molecule has 0 aliphatic carbocycles. The van der Waals surface area contributed by atoms with Gasteiger partial charge in [0.25, 0.3) is 5.91 Å². The topological polar surface area (TPSA) is 55.1 Å². The largest absolute Gasteiger partial charge is 0.451 e. The summed E-state index contributed by atoms with van der Waals surface area (Å²) in [6, 6.07) is 7.39. The maximum Gasteiger partial charge on any atom is 0.287 e. The SMILES string of the molecule is CC(C)c1nc(CNC(=O)c2cc3cc(Br)ccc3o2)cs1. The zero-order valence-electron chi connectivity index (χ0n) is 12.2. The molecule has 0 saturated heterocycles. The van der Waals surface area contributed by atoms with Gasteiger partial charge in [-0.1, -0.05) is 29.8 Å². The molecule has 0 saturated carbocycles. The molecule has 0 radical (unpaired) electrons. The van der Waals surface area contributed by atoms with Gasteiger partial charge < -0.3 is 9.73 Å². The average molecular weight is 379 g/mol. The Labute approximate surface area is 140 Å². The molecule has 3 aromatic rings. The third kappa shape index (κ3) is 3.23. The van der Waals surface area contributed by atoms with Gasteiger partial charge in [0.1, 0.15) is 5.58 Å². The molecule has 2 aromatic heterocycles. The average Bonchev–Trinajstić information content (AvgIpc) is 3.10. The van der Waals surface area contributed by atoms with E-state index in [-0.39, 0.29) is 5.91 Å². The number of fused-ring (bicyclic) bond motifs is 1. The third-order valence-corrected chi connectivity index (χ3v) is 4.88. The summed E-state index contributed by atoms with van der Waals surface area (Å²) in [7, 11) is 0. The summed E-state index contributed by atoms with van der Waals surface area (Å²) in [5.41, 5.74) is 1.57. The normalized spacial score (nSPS) is 11.3. The number of amides is 1. The first kappa shape index (κ1) is 15.2. The quantitative estimate of drug-likeness (QED) is 0.715. The van der Waals surface area contributed by atoms with Crippen LogP contribution >= 0.6 is 27.3 Å². The zero-order chi connectivity index (χ0) is 15.7. The summed E-state index contributed by atoms with van der Waals surface area (Å²) in [5.74, 6) is 0.488. The van der Waals surface area contributed by atoms with Gasteiger partial charge in [0.2, 0.25) is 0 Å². The zero-order valence-corrected chi connectivity index (χ0v) is 14.6. The third-order valence-electron chi connectivity index (χ3n) is 3.20. The number of benzene rings is 1. The van der Waals surface area contributed by atoms with Crippen molar-refractivity contribution in [1.29, 1.82) is 0 Å². The highest BCUT2D eigenvalue weighted by Crippen LogP contribution is 2.23. The minimum Gasteiger partial charge on any atom is -0.451 e. The second kappa shape index (κ2) is 6.22. The van der Waals surface area contributed by atoms with E-state index in [1.54, 1.807) is 17.4 Å². The molecule has 0 aliphatic heterocycles. The molecule has 22 heavy (non-hydrogen) atoms. The van der Waals surface area contributed by atoms with Crippen LogP contribution in [0.4, 0.5) is 0 Å².